The molecule has 1 atom stereocenters. The Labute approximate surface area is 356 Å². The predicted molar refractivity (Wildman–Crippen MR) is 222 cm³/mol. The summed E-state index contributed by atoms with van der Waals surface area (Å²) in [6.45, 7) is 2.03. The number of anilines is 2. The molecule has 1 unspecified atom stereocenters. The van der Waals surface area contributed by atoms with Crippen LogP contribution in [0.5, 0.6) is 0 Å². The molecule has 4 N–H and O–H groups in total. The largest absolute Gasteiger partial charge is 0.382 e. The minimum Gasteiger partial charge on any atom is -0.382 e. The Morgan fingerprint density at radius 1 is 0.903 bits per heavy atom. The second-order valence-electron chi connectivity index (χ2n) is 15.9. The van der Waals surface area contributed by atoms with Gasteiger partial charge in [0.1, 0.15) is 12.1 Å². The maximum absolute atomic E-state index is 13.6. The maximum atomic E-state index is 13.6. The van der Waals surface area contributed by atoms with E-state index in [0.29, 0.717) is 105 Å². The molecule has 1 aromatic carbocycles. The standard InChI is InChI=1S/C43H47N11O8/c1-52(14-16-62-18-17-61-15-13-45-32-4-2-3-30-37(32)43(60)53(42(30)59)34-11-12-36(55)51-40(34)57)41(58)26-5-7-29(8-6-26)50-39(56)31-24-46-35(20-33(31)49-28-9-10-28)54-38-27(23-48-54)19-25(21-44)22-47-38/h2-4,19-20,22-24,26,28-29,34,45H,5-18H2,1H3,(H,46,49)(H,50,56)(H,51,55,57)/t26-,29-,34?. The summed E-state index contributed by atoms with van der Waals surface area (Å²) < 4.78 is 13.0. The molecule has 19 nitrogen and oxygen atoms in total. The Balaban J connectivity index is 0.726. The molecule has 62 heavy (non-hydrogen) atoms. The van der Waals surface area contributed by atoms with E-state index in [1.54, 1.807) is 59.4 Å². The number of benzene rings is 1. The third-order valence-corrected chi connectivity index (χ3v) is 11.6. The van der Waals surface area contributed by atoms with Gasteiger partial charge < -0.3 is 30.3 Å². The molecule has 322 valence electrons. The average Bonchev–Trinajstić information content (AvgIpc) is 3.93. The number of carbonyl (C=O) groups is 6. The van der Waals surface area contributed by atoms with Crippen LogP contribution in [0.1, 0.15) is 88.0 Å². The quantitative estimate of drug-likeness (QED) is 0.0883. The number of hydrogen-bond donors (Lipinski definition) is 4. The Bertz CT molecular complexity index is 2450. The number of imide groups is 2. The normalized spacial score (nSPS) is 19.8. The first-order chi connectivity index (χ1) is 30.1. The van der Waals surface area contributed by atoms with Gasteiger partial charge in [0.15, 0.2) is 11.5 Å². The van der Waals surface area contributed by atoms with E-state index in [1.165, 1.54) is 6.20 Å². The third kappa shape index (κ3) is 9.11. The summed E-state index contributed by atoms with van der Waals surface area (Å²) >= 11 is 0. The lowest BCUT2D eigenvalue weighted by Crippen LogP contribution is -2.54. The number of ether oxygens (including phenoxy) is 2. The number of fused-ring (bicyclic) bond motifs is 2. The smallest absolute Gasteiger partial charge is 0.264 e. The molecule has 3 aromatic heterocycles. The van der Waals surface area contributed by atoms with E-state index in [-0.39, 0.29) is 53.8 Å². The molecule has 2 saturated carbocycles. The number of carbonyl (C=O) groups excluding carboxylic acids is 6. The molecule has 0 bridgehead atoms. The summed E-state index contributed by atoms with van der Waals surface area (Å²) in [6, 6.07) is 9.66. The average molecular weight is 846 g/mol. The molecule has 5 heterocycles. The fourth-order valence-corrected chi connectivity index (χ4v) is 8.07. The highest BCUT2D eigenvalue weighted by Crippen LogP contribution is 2.33. The van der Waals surface area contributed by atoms with Crippen molar-refractivity contribution in [1.29, 1.82) is 5.26 Å². The summed E-state index contributed by atoms with van der Waals surface area (Å²) in [5, 5.41) is 26.3. The van der Waals surface area contributed by atoms with Crippen molar-refractivity contribution >= 4 is 57.9 Å². The molecule has 6 amide bonds. The topological polar surface area (TPSA) is 243 Å². The van der Waals surface area contributed by atoms with Crippen molar-refractivity contribution in [1.82, 2.24) is 40.2 Å². The predicted octanol–water partition coefficient (Wildman–Crippen LogP) is 2.55. The van der Waals surface area contributed by atoms with E-state index in [9.17, 15) is 34.0 Å². The number of likely N-dealkylation sites (N-methyl/N-ethyl adjacent to an activating group) is 1. The fraction of sp³-hybridized carbons (Fsp3) is 0.442. The minimum atomic E-state index is -1.04. The zero-order valence-corrected chi connectivity index (χ0v) is 34.2. The van der Waals surface area contributed by atoms with Gasteiger partial charge in [0.2, 0.25) is 17.7 Å². The van der Waals surface area contributed by atoms with Gasteiger partial charge in [-0.25, -0.2) is 9.97 Å². The summed E-state index contributed by atoms with van der Waals surface area (Å²) in [5.41, 5.74) is 2.93. The van der Waals surface area contributed by atoms with Gasteiger partial charge in [-0.3, -0.25) is 39.0 Å². The molecule has 2 aliphatic heterocycles. The van der Waals surface area contributed by atoms with Crippen molar-refractivity contribution in [3.63, 3.8) is 0 Å². The SMILES string of the molecule is CN(CCOCCOCCNc1cccc2c1C(=O)N(C1CCC(=O)NC1=O)C2=O)C(=O)[C@H]1CC[C@H](NC(=O)c2cnc(-n3ncc4cc(C#N)cnc43)cc2NC2CC2)CC1. The number of nitrogens with one attached hydrogen (secondary N) is 4. The van der Waals surface area contributed by atoms with Gasteiger partial charge in [0, 0.05) is 74.1 Å². The van der Waals surface area contributed by atoms with E-state index in [0.717, 1.165) is 17.7 Å². The second-order valence-corrected chi connectivity index (χ2v) is 15.9. The van der Waals surface area contributed by atoms with Crippen LogP contribution < -0.4 is 21.3 Å². The van der Waals surface area contributed by atoms with Crippen molar-refractivity contribution in [3.05, 3.63) is 71.2 Å². The van der Waals surface area contributed by atoms with Crippen LogP contribution in [-0.4, -0.2) is 130 Å². The number of pyridine rings is 2. The molecule has 0 radical (unpaired) electrons. The molecule has 1 saturated heterocycles. The molecule has 4 aliphatic rings. The minimum absolute atomic E-state index is 0.0483. The monoisotopic (exact) mass is 845 g/mol. The second kappa shape index (κ2) is 18.5. The highest BCUT2D eigenvalue weighted by molar-refractivity contribution is 6.25. The van der Waals surface area contributed by atoms with Crippen molar-refractivity contribution in [2.75, 3.05) is 57.2 Å². The number of nitrogens with zero attached hydrogens (tertiary/aromatic N) is 7. The van der Waals surface area contributed by atoms with E-state index < -0.39 is 29.7 Å². The van der Waals surface area contributed by atoms with Crippen molar-refractivity contribution in [3.8, 4) is 11.9 Å². The number of amides is 6. The van der Waals surface area contributed by atoms with Crippen LogP contribution in [0.4, 0.5) is 11.4 Å². The summed E-state index contributed by atoms with van der Waals surface area (Å²) in [6.07, 6.45) is 9.49. The van der Waals surface area contributed by atoms with Crippen LogP contribution in [0.3, 0.4) is 0 Å². The van der Waals surface area contributed by atoms with Crippen LogP contribution in [-0.2, 0) is 23.9 Å². The lowest BCUT2D eigenvalue weighted by molar-refractivity contribution is -0.137. The van der Waals surface area contributed by atoms with Crippen molar-refractivity contribution in [2.24, 2.45) is 5.92 Å². The van der Waals surface area contributed by atoms with Gasteiger partial charge in [0.05, 0.1) is 60.6 Å². The summed E-state index contributed by atoms with van der Waals surface area (Å²) in [4.78, 5) is 88.7. The molecular formula is C43H47N11O8. The zero-order valence-electron chi connectivity index (χ0n) is 34.2. The molecule has 2 aliphatic carbocycles. The highest BCUT2D eigenvalue weighted by atomic mass is 16.5. The van der Waals surface area contributed by atoms with Gasteiger partial charge in [-0.1, -0.05) is 6.07 Å². The van der Waals surface area contributed by atoms with Gasteiger partial charge in [-0.15, -0.1) is 0 Å². The fourth-order valence-electron chi connectivity index (χ4n) is 8.07. The first-order valence-electron chi connectivity index (χ1n) is 20.9. The maximum Gasteiger partial charge on any atom is 0.264 e. The first kappa shape index (κ1) is 41.9. The molecule has 4 aromatic rings. The Morgan fingerprint density at radius 3 is 2.44 bits per heavy atom. The number of aromatic nitrogens is 4. The van der Waals surface area contributed by atoms with Crippen LogP contribution in [0.15, 0.2) is 48.9 Å². The van der Waals surface area contributed by atoms with E-state index in [1.807, 2.05) is 0 Å². The summed E-state index contributed by atoms with van der Waals surface area (Å²) in [5.74, 6) is -2.06. The van der Waals surface area contributed by atoms with Crippen LogP contribution >= 0.6 is 0 Å². The number of nitriles is 1. The van der Waals surface area contributed by atoms with Gasteiger partial charge in [0.25, 0.3) is 17.7 Å². The Kier molecular flexibility index (Phi) is 12.5. The van der Waals surface area contributed by atoms with Gasteiger partial charge in [-0.05, 0) is 63.1 Å². The van der Waals surface area contributed by atoms with Crippen LogP contribution in [0, 0.1) is 17.2 Å². The lowest BCUT2D eigenvalue weighted by atomic mass is 9.85. The Morgan fingerprint density at radius 2 is 1.68 bits per heavy atom. The number of hydrogen-bond acceptors (Lipinski definition) is 14. The lowest BCUT2D eigenvalue weighted by Gasteiger charge is -2.31. The Hall–Kier alpha value is -6.78. The third-order valence-electron chi connectivity index (χ3n) is 11.6. The van der Waals surface area contributed by atoms with Crippen LogP contribution in [0.2, 0.25) is 0 Å². The van der Waals surface area contributed by atoms with Crippen molar-refractivity contribution in [2.45, 2.75) is 69.5 Å². The molecule has 19 heteroatoms. The van der Waals surface area contributed by atoms with E-state index >= 15 is 0 Å². The molecular weight excluding hydrogens is 799 g/mol. The zero-order chi connectivity index (χ0) is 43.3. The van der Waals surface area contributed by atoms with Gasteiger partial charge in [-0.2, -0.15) is 15.0 Å². The number of rotatable bonds is 17. The van der Waals surface area contributed by atoms with Gasteiger partial charge >= 0.3 is 0 Å². The number of piperidine rings is 1. The molecule has 3 fully saturated rings. The van der Waals surface area contributed by atoms with E-state index in [2.05, 4.69) is 42.4 Å². The van der Waals surface area contributed by atoms with Crippen LogP contribution in [0.25, 0.3) is 16.9 Å². The first-order valence-corrected chi connectivity index (χ1v) is 20.9. The molecule has 8 rings (SSSR count). The highest BCUT2D eigenvalue weighted by Gasteiger charge is 2.45. The molecule has 0 spiro atoms. The van der Waals surface area contributed by atoms with Crippen molar-refractivity contribution < 1.29 is 38.2 Å². The summed E-state index contributed by atoms with van der Waals surface area (Å²) in [7, 11) is 1.77. The van der Waals surface area contributed by atoms with E-state index in [4.69, 9.17) is 9.47 Å².